The third kappa shape index (κ3) is 6.80. The van der Waals surface area contributed by atoms with E-state index >= 15 is 0 Å². The molecular weight excluding hydrogens is 586 g/mol. The summed E-state index contributed by atoms with van der Waals surface area (Å²) >= 11 is 0. The summed E-state index contributed by atoms with van der Waals surface area (Å²) in [6.07, 6.45) is 4.51. The number of primary amides is 1. The van der Waals surface area contributed by atoms with E-state index in [9.17, 15) is 24.0 Å². The first-order valence-electron chi connectivity index (χ1n) is 16.7. The molecule has 4 aliphatic rings. The molecule has 5 N–H and O–H groups in total. The van der Waals surface area contributed by atoms with Crippen molar-refractivity contribution in [2.75, 3.05) is 20.3 Å². The van der Waals surface area contributed by atoms with Gasteiger partial charge in [-0.1, -0.05) is 78.1 Å². The van der Waals surface area contributed by atoms with Gasteiger partial charge in [-0.2, -0.15) is 0 Å². The first kappa shape index (κ1) is 33.9. The van der Waals surface area contributed by atoms with Gasteiger partial charge in [-0.15, -0.1) is 0 Å². The molecule has 6 atom stereocenters. The van der Waals surface area contributed by atoms with Crippen molar-refractivity contribution in [3.05, 3.63) is 35.4 Å². The number of fused-ring (bicyclic) bond motifs is 2. The zero-order chi connectivity index (χ0) is 33.6. The summed E-state index contributed by atoms with van der Waals surface area (Å²) in [5, 5.41) is 8.87. The van der Waals surface area contributed by atoms with Crippen LogP contribution in [0, 0.1) is 34.5 Å². The lowest BCUT2D eigenvalue weighted by molar-refractivity contribution is -0.144. The summed E-state index contributed by atoms with van der Waals surface area (Å²) in [5.74, 6) is -2.62. The lowest BCUT2D eigenvalue weighted by Gasteiger charge is -2.36. The minimum absolute atomic E-state index is 0.103. The van der Waals surface area contributed by atoms with E-state index < -0.39 is 41.8 Å². The van der Waals surface area contributed by atoms with E-state index in [0.29, 0.717) is 32.4 Å². The van der Waals surface area contributed by atoms with Gasteiger partial charge in [0.1, 0.15) is 12.1 Å². The Morgan fingerprint density at radius 1 is 1.02 bits per heavy atom. The van der Waals surface area contributed by atoms with Gasteiger partial charge in [0, 0.05) is 13.7 Å². The van der Waals surface area contributed by atoms with Gasteiger partial charge in [-0.3, -0.25) is 19.2 Å². The largest absolute Gasteiger partial charge is 0.383 e. The van der Waals surface area contributed by atoms with Crippen molar-refractivity contribution in [3.63, 3.8) is 0 Å². The number of methoxy groups -OCH3 is 1. The molecule has 1 aliphatic heterocycles. The number of likely N-dealkylation sites (tertiary alicyclic amines) is 1. The molecule has 1 aromatic carbocycles. The van der Waals surface area contributed by atoms with E-state index in [1.807, 2.05) is 45.0 Å². The molecule has 1 saturated heterocycles. The number of benzene rings is 1. The summed E-state index contributed by atoms with van der Waals surface area (Å²) in [5.41, 5.74) is 7.19. The third-order valence-corrected chi connectivity index (χ3v) is 11.2. The second-order valence-electron chi connectivity index (χ2n) is 15.6. The molecule has 2 saturated carbocycles. The molecule has 5 amide bonds. The van der Waals surface area contributed by atoms with Gasteiger partial charge in [0.05, 0.1) is 18.7 Å². The molecule has 46 heavy (non-hydrogen) atoms. The van der Waals surface area contributed by atoms with Crippen molar-refractivity contribution >= 4 is 29.5 Å². The predicted molar refractivity (Wildman–Crippen MR) is 172 cm³/mol. The fraction of sp³-hybridized carbons (Fsp3) is 0.686. The lowest BCUT2D eigenvalue weighted by Crippen LogP contribution is -2.61. The minimum atomic E-state index is -1.08. The number of nitrogens with zero attached hydrogens (tertiary/aromatic N) is 1. The third-order valence-electron chi connectivity index (χ3n) is 11.2. The Morgan fingerprint density at radius 2 is 1.65 bits per heavy atom. The summed E-state index contributed by atoms with van der Waals surface area (Å²) < 4.78 is 5.37. The molecule has 0 radical (unpaired) electrons. The average Bonchev–Trinajstić information content (AvgIpc) is 3.33. The summed E-state index contributed by atoms with van der Waals surface area (Å²) in [6, 6.07) is 4.54. The lowest BCUT2D eigenvalue weighted by atomic mass is 9.80. The molecule has 1 aromatic rings. The van der Waals surface area contributed by atoms with Crippen LogP contribution in [0.1, 0.15) is 71.4 Å². The van der Waals surface area contributed by atoms with Crippen LogP contribution in [0.4, 0.5) is 4.79 Å². The van der Waals surface area contributed by atoms with Crippen LogP contribution in [0.15, 0.2) is 24.3 Å². The number of hydrogen-bond acceptors (Lipinski definition) is 6. The molecule has 5 rings (SSSR count). The highest BCUT2D eigenvalue weighted by Gasteiger charge is 2.70. The SMILES string of the molecule is COCC(NC(=O)NC(C(=O)N1CC2[C@@H](C1C(=O)NC(CC1CCC1)C(=O)C(N)=O)C2(C)C)C1Cc2ccccc2C1)C(C)(C)C. The highest BCUT2D eigenvalue weighted by molar-refractivity contribution is 6.37. The number of urea groups is 1. The number of nitrogens with one attached hydrogen (secondary N) is 3. The van der Waals surface area contributed by atoms with Crippen molar-refractivity contribution in [1.82, 2.24) is 20.9 Å². The summed E-state index contributed by atoms with van der Waals surface area (Å²) in [6.45, 7) is 10.9. The standard InChI is InChI=1S/C35H51N5O6/c1-34(2,3)25(18-46-6)38-33(45)39-27(22-15-20-12-7-8-13-21(20)16-22)32(44)40-17-23-26(35(23,4)5)28(40)31(43)37-24(29(41)30(36)42)14-19-10-9-11-19/h7-8,12-13,19,22-28H,9-11,14-18H2,1-6H3,(H2,36,42)(H,37,43)(H2,38,39,45)/t23?,24?,25?,26-,27?,28?/m0/s1. The maximum Gasteiger partial charge on any atom is 0.315 e. The van der Waals surface area contributed by atoms with Crippen molar-refractivity contribution in [2.45, 2.75) is 97.3 Å². The van der Waals surface area contributed by atoms with Crippen molar-refractivity contribution < 1.29 is 28.7 Å². The molecule has 3 fully saturated rings. The first-order chi connectivity index (χ1) is 21.6. The van der Waals surface area contributed by atoms with E-state index in [0.717, 1.165) is 30.4 Å². The summed E-state index contributed by atoms with van der Waals surface area (Å²) in [4.78, 5) is 68.5. The smallest absolute Gasteiger partial charge is 0.315 e. The fourth-order valence-corrected chi connectivity index (χ4v) is 7.94. The van der Waals surface area contributed by atoms with Gasteiger partial charge < -0.3 is 31.3 Å². The van der Waals surface area contributed by atoms with Gasteiger partial charge in [-0.05, 0) is 64.9 Å². The number of ketones is 1. The van der Waals surface area contributed by atoms with Gasteiger partial charge in [-0.25, -0.2) is 4.79 Å². The average molecular weight is 638 g/mol. The second kappa shape index (κ2) is 13.0. The van der Waals surface area contributed by atoms with Crippen LogP contribution in [-0.4, -0.2) is 78.9 Å². The molecule has 0 aromatic heterocycles. The Labute approximate surface area is 272 Å². The Hall–Kier alpha value is -3.47. The van der Waals surface area contributed by atoms with Gasteiger partial charge in [0.2, 0.25) is 17.6 Å². The molecule has 3 aliphatic carbocycles. The van der Waals surface area contributed by atoms with E-state index in [2.05, 4.69) is 29.8 Å². The Morgan fingerprint density at radius 3 is 2.17 bits per heavy atom. The zero-order valence-electron chi connectivity index (χ0n) is 28.1. The van der Waals surface area contributed by atoms with E-state index in [4.69, 9.17) is 10.5 Å². The molecular formula is C35H51N5O6. The quantitative estimate of drug-likeness (QED) is 0.258. The fourth-order valence-electron chi connectivity index (χ4n) is 7.94. The Kier molecular flexibility index (Phi) is 9.55. The number of amides is 5. The van der Waals surface area contributed by atoms with Crippen molar-refractivity contribution in [2.24, 2.45) is 40.2 Å². The number of piperidine rings is 1. The van der Waals surface area contributed by atoms with E-state index in [-0.39, 0.29) is 46.5 Å². The number of nitrogens with two attached hydrogens (primary N) is 1. The normalized spacial score (nSPS) is 25.3. The number of rotatable bonds is 12. The van der Waals surface area contributed by atoms with Crippen molar-refractivity contribution in [3.8, 4) is 0 Å². The van der Waals surface area contributed by atoms with E-state index in [1.54, 1.807) is 12.0 Å². The minimum Gasteiger partial charge on any atom is -0.383 e. The number of carbonyl (C=O) groups excluding carboxylic acids is 5. The number of Topliss-reactive ketones (excluding diaryl/α,β-unsaturated/α-hetero) is 1. The number of hydrogen-bond donors (Lipinski definition) is 4. The maximum absolute atomic E-state index is 14.6. The van der Waals surface area contributed by atoms with Gasteiger partial charge >= 0.3 is 6.03 Å². The maximum atomic E-state index is 14.6. The molecule has 0 bridgehead atoms. The molecule has 0 spiro atoms. The first-order valence-corrected chi connectivity index (χ1v) is 16.7. The van der Waals surface area contributed by atoms with Crippen LogP contribution in [0.2, 0.25) is 0 Å². The van der Waals surface area contributed by atoms with Crippen molar-refractivity contribution in [1.29, 1.82) is 0 Å². The van der Waals surface area contributed by atoms with Crippen LogP contribution >= 0.6 is 0 Å². The van der Waals surface area contributed by atoms with Crippen LogP contribution < -0.4 is 21.7 Å². The number of carbonyl (C=O) groups is 5. The Balaban J connectivity index is 1.39. The molecule has 11 heteroatoms. The topological polar surface area (TPSA) is 160 Å². The Bertz CT molecular complexity index is 1340. The summed E-state index contributed by atoms with van der Waals surface area (Å²) in [7, 11) is 1.58. The van der Waals surface area contributed by atoms with E-state index in [1.165, 1.54) is 0 Å². The molecule has 1 heterocycles. The second-order valence-corrected chi connectivity index (χ2v) is 15.6. The van der Waals surface area contributed by atoms with Crippen LogP contribution in [0.3, 0.4) is 0 Å². The van der Waals surface area contributed by atoms with Gasteiger partial charge in [0.15, 0.2) is 0 Å². The molecule has 11 nitrogen and oxygen atoms in total. The van der Waals surface area contributed by atoms with Crippen LogP contribution in [0.25, 0.3) is 0 Å². The van der Waals surface area contributed by atoms with Gasteiger partial charge in [0.25, 0.3) is 5.91 Å². The zero-order valence-corrected chi connectivity index (χ0v) is 28.1. The highest BCUT2D eigenvalue weighted by atomic mass is 16.5. The number of ether oxygens (including phenoxy) is 1. The predicted octanol–water partition coefficient (Wildman–Crippen LogP) is 2.34. The monoisotopic (exact) mass is 637 g/mol. The van der Waals surface area contributed by atoms with Crippen LogP contribution in [0.5, 0.6) is 0 Å². The highest BCUT2D eigenvalue weighted by Crippen LogP contribution is 2.65. The molecule has 252 valence electrons. The molecule has 5 unspecified atom stereocenters. The van der Waals surface area contributed by atoms with Crippen LogP contribution in [-0.2, 0) is 36.8 Å².